The lowest BCUT2D eigenvalue weighted by molar-refractivity contribution is 0.660. The second kappa shape index (κ2) is 11.0. The molecule has 0 N–H and O–H groups in total. The Bertz CT molecular complexity index is 2710. The average molecular weight is 676 g/mol. The molecule has 0 amide bonds. The Balaban J connectivity index is 1.14. The van der Waals surface area contributed by atoms with Crippen LogP contribution < -0.4 is 4.90 Å². The molecule has 0 atom stereocenters. The van der Waals surface area contributed by atoms with Crippen LogP contribution in [0.25, 0.3) is 44.5 Å². The average Bonchev–Trinajstić information content (AvgIpc) is 3.78. The number of para-hydroxylation sites is 1. The SMILES string of the molecule is CC1(C)c2cc(-c3ccccc3)ccc2-c2ccc(N(c3ccccc3)c3cccc4c3-c3ccccc3C43c4ccccc4-c4ccccc43)cc21. The Morgan fingerprint density at radius 2 is 0.849 bits per heavy atom. The molecule has 1 spiro atoms. The van der Waals surface area contributed by atoms with Gasteiger partial charge in [0.25, 0.3) is 0 Å². The van der Waals surface area contributed by atoms with E-state index in [1.54, 1.807) is 0 Å². The van der Waals surface area contributed by atoms with Crippen molar-refractivity contribution in [2.45, 2.75) is 24.7 Å². The first kappa shape index (κ1) is 30.2. The smallest absolute Gasteiger partial charge is 0.0726 e. The Labute approximate surface area is 311 Å². The molecule has 0 unspecified atom stereocenters. The van der Waals surface area contributed by atoms with E-state index in [9.17, 15) is 0 Å². The van der Waals surface area contributed by atoms with E-state index < -0.39 is 5.41 Å². The normalized spacial score (nSPS) is 14.5. The fourth-order valence-corrected chi connectivity index (χ4v) is 9.99. The summed E-state index contributed by atoms with van der Waals surface area (Å²) in [4.78, 5) is 2.50. The molecule has 3 aliphatic rings. The highest BCUT2D eigenvalue weighted by molar-refractivity contribution is 6.01. The van der Waals surface area contributed by atoms with Crippen LogP contribution in [0.4, 0.5) is 17.1 Å². The molecule has 1 heteroatoms. The summed E-state index contributed by atoms with van der Waals surface area (Å²) in [6, 6.07) is 70.0. The van der Waals surface area contributed by atoms with E-state index in [-0.39, 0.29) is 5.41 Å². The predicted octanol–water partition coefficient (Wildman–Crippen LogP) is 13.5. The van der Waals surface area contributed by atoms with Crippen molar-refractivity contribution in [2.24, 2.45) is 0 Å². The number of fused-ring (bicyclic) bond motifs is 13. The number of hydrogen-bond donors (Lipinski definition) is 0. The van der Waals surface area contributed by atoms with Gasteiger partial charge in [-0.25, -0.2) is 0 Å². The molecule has 11 rings (SSSR count). The molecular weight excluding hydrogens is 639 g/mol. The molecule has 0 saturated heterocycles. The summed E-state index contributed by atoms with van der Waals surface area (Å²) in [6.07, 6.45) is 0. The van der Waals surface area contributed by atoms with E-state index in [1.807, 2.05) is 0 Å². The third-order valence-electron chi connectivity index (χ3n) is 12.3. The summed E-state index contributed by atoms with van der Waals surface area (Å²) < 4.78 is 0. The zero-order valence-electron chi connectivity index (χ0n) is 29.8. The molecule has 0 fully saturated rings. The Hall–Kier alpha value is -6.44. The van der Waals surface area contributed by atoms with Crippen molar-refractivity contribution in [1.82, 2.24) is 0 Å². The Kier molecular flexibility index (Phi) is 6.29. The lowest BCUT2D eigenvalue weighted by Crippen LogP contribution is -2.26. The molecular formula is C52H37N. The minimum Gasteiger partial charge on any atom is -0.310 e. The van der Waals surface area contributed by atoms with Gasteiger partial charge in [0.15, 0.2) is 0 Å². The van der Waals surface area contributed by atoms with Gasteiger partial charge in [-0.1, -0.05) is 166 Å². The van der Waals surface area contributed by atoms with Gasteiger partial charge in [0.2, 0.25) is 0 Å². The van der Waals surface area contributed by atoms with Crippen LogP contribution in [0.2, 0.25) is 0 Å². The summed E-state index contributed by atoms with van der Waals surface area (Å²) >= 11 is 0. The molecule has 8 aromatic rings. The van der Waals surface area contributed by atoms with Gasteiger partial charge in [-0.3, -0.25) is 0 Å². The molecule has 0 radical (unpaired) electrons. The van der Waals surface area contributed by atoms with Crippen molar-refractivity contribution in [2.75, 3.05) is 4.90 Å². The zero-order chi connectivity index (χ0) is 35.3. The Morgan fingerprint density at radius 3 is 1.53 bits per heavy atom. The second-order valence-electron chi connectivity index (χ2n) is 15.2. The van der Waals surface area contributed by atoms with Gasteiger partial charge >= 0.3 is 0 Å². The maximum Gasteiger partial charge on any atom is 0.0726 e. The van der Waals surface area contributed by atoms with Gasteiger partial charge in [0, 0.05) is 22.4 Å². The summed E-state index contributed by atoms with van der Waals surface area (Å²) in [7, 11) is 0. The molecule has 0 aliphatic heterocycles. The Morgan fingerprint density at radius 1 is 0.340 bits per heavy atom. The van der Waals surface area contributed by atoms with E-state index in [4.69, 9.17) is 0 Å². The highest BCUT2D eigenvalue weighted by atomic mass is 15.1. The first-order chi connectivity index (χ1) is 26.1. The molecule has 0 saturated carbocycles. The molecule has 53 heavy (non-hydrogen) atoms. The maximum absolute atomic E-state index is 2.50. The third-order valence-corrected chi connectivity index (χ3v) is 12.3. The molecule has 0 aromatic heterocycles. The van der Waals surface area contributed by atoms with Crippen molar-refractivity contribution in [3.63, 3.8) is 0 Å². The van der Waals surface area contributed by atoms with Crippen LogP contribution in [0.3, 0.4) is 0 Å². The predicted molar refractivity (Wildman–Crippen MR) is 220 cm³/mol. The molecule has 250 valence electrons. The largest absolute Gasteiger partial charge is 0.310 e. The van der Waals surface area contributed by atoms with E-state index >= 15 is 0 Å². The van der Waals surface area contributed by atoms with E-state index in [1.165, 1.54) is 83.6 Å². The molecule has 1 nitrogen and oxygen atoms in total. The summed E-state index contributed by atoms with van der Waals surface area (Å²) in [5, 5.41) is 0. The summed E-state index contributed by atoms with van der Waals surface area (Å²) in [5.74, 6) is 0. The van der Waals surface area contributed by atoms with E-state index in [0.29, 0.717) is 0 Å². The van der Waals surface area contributed by atoms with Gasteiger partial charge in [-0.05, 0) is 109 Å². The van der Waals surface area contributed by atoms with E-state index in [0.717, 1.165) is 11.4 Å². The summed E-state index contributed by atoms with van der Waals surface area (Å²) in [6.45, 7) is 4.77. The highest BCUT2D eigenvalue weighted by Gasteiger charge is 2.52. The monoisotopic (exact) mass is 675 g/mol. The minimum atomic E-state index is -0.393. The maximum atomic E-state index is 2.50. The highest BCUT2D eigenvalue weighted by Crippen LogP contribution is 2.64. The fraction of sp³-hybridized carbons (Fsp3) is 0.0769. The number of anilines is 3. The standard InChI is InChI=1S/C52H37N/c1-51(2)47-32-35(34-16-5-3-6-17-34)28-30-40(47)41-31-29-37(33-48(41)51)53(36-18-7-4-8-19-36)49-27-15-26-46-50(49)42-22-11-14-25-45(42)52(46)43-23-12-9-20-38(43)39-21-10-13-24-44(39)52/h3-33H,1-2H3. The van der Waals surface area contributed by atoms with Gasteiger partial charge in [0.05, 0.1) is 11.1 Å². The van der Waals surface area contributed by atoms with Crippen molar-refractivity contribution in [1.29, 1.82) is 0 Å². The van der Waals surface area contributed by atoms with Crippen molar-refractivity contribution in [3.8, 4) is 44.5 Å². The minimum absolute atomic E-state index is 0.166. The lowest BCUT2D eigenvalue weighted by Gasteiger charge is -2.32. The molecule has 0 heterocycles. The van der Waals surface area contributed by atoms with Gasteiger partial charge in [-0.2, -0.15) is 0 Å². The fourth-order valence-electron chi connectivity index (χ4n) is 9.99. The zero-order valence-corrected chi connectivity index (χ0v) is 29.8. The summed E-state index contributed by atoms with van der Waals surface area (Å²) in [5.41, 5.74) is 21.5. The van der Waals surface area contributed by atoms with Gasteiger partial charge in [-0.15, -0.1) is 0 Å². The van der Waals surface area contributed by atoms with Crippen molar-refractivity contribution >= 4 is 17.1 Å². The van der Waals surface area contributed by atoms with E-state index in [2.05, 4.69) is 207 Å². The van der Waals surface area contributed by atoms with Crippen LogP contribution >= 0.6 is 0 Å². The number of benzene rings is 8. The van der Waals surface area contributed by atoms with Crippen molar-refractivity contribution < 1.29 is 0 Å². The lowest BCUT2D eigenvalue weighted by atomic mass is 9.70. The quantitative estimate of drug-likeness (QED) is 0.179. The second-order valence-corrected chi connectivity index (χ2v) is 15.2. The van der Waals surface area contributed by atoms with Gasteiger partial charge < -0.3 is 4.90 Å². The van der Waals surface area contributed by atoms with Crippen LogP contribution in [0, 0.1) is 0 Å². The van der Waals surface area contributed by atoms with Crippen molar-refractivity contribution in [3.05, 3.63) is 221 Å². The number of rotatable bonds is 4. The van der Waals surface area contributed by atoms with Crippen LogP contribution in [-0.2, 0) is 10.8 Å². The van der Waals surface area contributed by atoms with Crippen LogP contribution in [-0.4, -0.2) is 0 Å². The first-order valence-corrected chi connectivity index (χ1v) is 18.7. The van der Waals surface area contributed by atoms with Crippen LogP contribution in [0.15, 0.2) is 188 Å². The molecule has 3 aliphatic carbocycles. The molecule has 8 aromatic carbocycles. The third kappa shape index (κ3) is 4.02. The van der Waals surface area contributed by atoms with Gasteiger partial charge in [0.1, 0.15) is 0 Å². The molecule has 0 bridgehead atoms. The number of hydrogen-bond acceptors (Lipinski definition) is 1. The first-order valence-electron chi connectivity index (χ1n) is 18.7. The van der Waals surface area contributed by atoms with Crippen LogP contribution in [0.5, 0.6) is 0 Å². The van der Waals surface area contributed by atoms with Crippen LogP contribution in [0.1, 0.15) is 47.2 Å². The topological polar surface area (TPSA) is 3.24 Å². The number of nitrogens with zero attached hydrogens (tertiary/aromatic N) is 1.